The highest BCUT2D eigenvalue weighted by Crippen LogP contribution is 2.40. The third kappa shape index (κ3) is 3.81. The van der Waals surface area contributed by atoms with Gasteiger partial charge in [-0.2, -0.15) is 0 Å². The van der Waals surface area contributed by atoms with Crippen LogP contribution in [0.2, 0.25) is 0 Å². The van der Waals surface area contributed by atoms with Crippen LogP contribution in [0.3, 0.4) is 0 Å². The van der Waals surface area contributed by atoms with E-state index < -0.39 is 0 Å². The van der Waals surface area contributed by atoms with Crippen molar-refractivity contribution >= 4 is 87.5 Å². The molecule has 242 valence electrons. The summed E-state index contributed by atoms with van der Waals surface area (Å²) in [6.45, 7) is 0. The molecule has 0 unspecified atom stereocenters. The molecule has 0 aliphatic rings. The Labute approximate surface area is 296 Å². The minimum absolute atomic E-state index is 0.895. The molecule has 0 aliphatic carbocycles. The molecule has 8 aromatic carbocycles. The van der Waals surface area contributed by atoms with Crippen LogP contribution in [0.5, 0.6) is 0 Å². The van der Waals surface area contributed by atoms with Crippen molar-refractivity contribution in [1.82, 2.24) is 9.13 Å². The fraction of sp³-hybridized carbons (Fsp3) is 0. The Morgan fingerprint density at radius 2 is 0.654 bits per heavy atom. The highest BCUT2D eigenvalue weighted by Gasteiger charge is 2.18. The molecule has 0 atom stereocenters. The normalized spacial score (nSPS) is 12.2. The molecule has 52 heavy (non-hydrogen) atoms. The minimum Gasteiger partial charge on any atom is -0.456 e. The summed E-state index contributed by atoms with van der Waals surface area (Å²) in [6.07, 6.45) is 0. The first-order valence-corrected chi connectivity index (χ1v) is 17.7. The first-order chi connectivity index (χ1) is 25.8. The standard InChI is InChI=1S/C48H28N2O2/c1-5-13-41-33(9-1)39-25-29(17-23-43(39)49(41)31-19-21-37-35-11-3-7-15-45(35)51-47(37)27-31)30-18-24-44-40(26-30)34-10-2-6-14-42(34)50(44)32-20-22-38-36-12-4-8-16-46(36)52-48(38)28-32/h1-28H. The zero-order valence-electron chi connectivity index (χ0n) is 27.9. The summed E-state index contributed by atoms with van der Waals surface area (Å²) in [5.41, 5.74) is 12.8. The lowest BCUT2D eigenvalue weighted by Crippen LogP contribution is -1.93. The van der Waals surface area contributed by atoms with Crippen LogP contribution >= 0.6 is 0 Å². The number of benzene rings is 8. The number of aromatic nitrogens is 2. The molecule has 0 fully saturated rings. The van der Waals surface area contributed by atoms with Crippen molar-refractivity contribution in [3.8, 4) is 22.5 Å². The van der Waals surface area contributed by atoms with Gasteiger partial charge in [0.15, 0.2) is 0 Å². The molecule has 12 rings (SSSR count). The molecule has 0 aliphatic heterocycles. The predicted octanol–water partition coefficient (Wildman–Crippen LogP) is 13.3. The van der Waals surface area contributed by atoms with Crippen molar-refractivity contribution in [1.29, 1.82) is 0 Å². The smallest absolute Gasteiger partial charge is 0.137 e. The van der Waals surface area contributed by atoms with Crippen LogP contribution in [0, 0.1) is 0 Å². The molecular formula is C48H28N2O2. The zero-order valence-corrected chi connectivity index (χ0v) is 27.9. The Hall–Kier alpha value is -7.04. The monoisotopic (exact) mass is 664 g/mol. The van der Waals surface area contributed by atoms with Gasteiger partial charge in [-0.25, -0.2) is 0 Å². The van der Waals surface area contributed by atoms with Gasteiger partial charge in [-0.1, -0.05) is 84.9 Å². The average Bonchev–Trinajstić information content (AvgIpc) is 3.94. The van der Waals surface area contributed by atoms with E-state index in [2.05, 4.69) is 155 Å². The number of hydrogen-bond acceptors (Lipinski definition) is 2. The third-order valence-corrected chi connectivity index (χ3v) is 10.9. The van der Waals surface area contributed by atoms with E-state index in [1.807, 2.05) is 24.3 Å². The summed E-state index contributed by atoms with van der Waals surface area (Å²) < 4.78 is 17.3. The maximum atomic E-state index is 6.30. The van der Waals surface area contributed by atoms with E-state index in [0.717, 1.165) is 55.3 Å². The summed E-state index contributed by atoms with van der Waals surface area (Å²) in [7, 11) is 0. The zero-order chi connectivity index (χ0) is 33.9. The SMILES string of the molecule is c1ccc2c(c1)oc1cc(-n3c4ccccc4c4cc(-c5ccc6c(c5)c5ccccc5n6-c5ccc6c(c5)oc5ccccc56)ccc43)ccc12. The van der Waals surface area contributed by atoms with Gasteiger partial charge in [0.2, 0.25) is 0 Å². The van der Waals surface area contributed by atoms with Crippen molar-refractivity contribution in [2.45, 2.75) is 0 Å². The second kappa shape index (κ2) is 10.3. The van der Waals surface area contributed by atoms with Crippen LogP contribution in [0.1, 0.15) is 0 Å². The number of furan rings is 2. The molecular weight excluding hydrogens is 637 g/mol. The second-order valence-electron chi connectivity index (χ2n) is 13.7. The van der Waals surface area contributed by atoms with Gasteiger partial charge < -0.3 is 18.0 Å². The fourth-order valence-corrected chi connectivity index (χ4v) is 8.57. The van der Waals surface area contributed by atoms with Gasteiger partial charge in [-0.15, -0.1) is 0 Å². The van der Waals surface area contributed by atoms with Crippen molar-refractivity contribution in [3.05, 3.63) is 170 Å². The lowest BCUT2D eigenvalue weighted by atomic mass is 10.0. The van der Waals surface area contributed by atoms with Crippen molar-refractivity contribution in [3.63, 3.8) is 0 Å². The van der Waals surface area contributed by atoms with Gasteiger partial charge in [0.25, 0.3) is 0 Å². The largest absolute Gasteiger partial charge is 0.456 e. The van der Waals surface area contributed by atoms with Gasteiger partial charge >= 0.3 is 0 Å². The number of hydrogen-bond donors (Lipinski definition) is 0. The van der Waals surface area contributed by atoms with E-state index in [9.17, 15) is 0 Å². The van der Waals surface area contributed by atoms with Gasteiger partial charge in [0.1, 0.15) is 22.3 Å². The van der Waals surface area contributed by atoms with Crippen LogP contribution in [0.4, 0.5) is 0 Å². The van der Waals surface area contributed by atoms with Crippen LogP contribution in [-0.2, 0) is 0 Å². The van der Waals surface area contributed by atoms with E-state index in [4.69, 9.17) is 8.83 Å². The van der Waals surface area contributed by atoms with Crippen molar-refractivity contribution in [2.75, 3.05) is 0 Å². The number of fused-ring (bicyclic) bond motifs is 12. The van der Waals surface area contributed by atoms with E-state index in [-0.39, 0.29) is 0 Å². The summed E-state index contributed by atoms with van der Waals surface area (Å²) in [5, 5.41) is 9.44. The summed E-state index contributed by atoms with van der Waals surface area (Å²) in [4.78, 5) is 0. The molecule has 0 amide bonds. The quantitative estimate of drug-likeness (QED) is 0.188. The van der Waals surface area contributed by atoms with E-state index in [0.29, 0.717) is 0 Å². The fourth-order valence-electron chi connectivity index (χ4n) is 8.57. The van der Waals surface area contributed by atoms with E-state index in [1.165, 1.54) is 54.7 Å². The molecule has 0 saturated carbocycles. The second-order valence-corrected chi connectivity index (χ2v) is 13.7. The molecule has 4 heteroatoms. The summed E-state index contributed by atoms with van der Waals surface area (Å²) in [6, 6.07) is 60.8. The maximum Gasteiger partial charge on any atom is 0.137 e. The summed E-state index contributed by atoms with van der Waals surface area (Å²) in [5.74, 6) is 0. The Morgan fingerprint density at radius 1 is 0.269 bits per heavy atom. The first-order valence-electron chi connectivity index (χ1n) is 17.7. The molecule has 0 bridgehead atoms. The highest BCUT2D eigenvalue weighted by molar-refractivity contribution is 6.14. The van der Waals surface area contributed by atoms with E-state index in [1.54, 1.807) is 0 Å². The highest BCUT2D eigenvalue weighted by atomic mass is 16.3. The van der Waals surface area contributed by atoms with Gasteiger partial charge in [-0.05, 0) is 83.9 Å². The van der Waals surface area contributed by atoms with Crippen molar-refractivity contribution in [2.24, 2.45) is 0 Å². The molecule has 4 nitrogen and oxygen atoms in total. The molecule has 4 heterocycles. The minimum atomic E-state index is 0.895. The molecule has 4 aromatic heterocycles. The Balaban J connectivity index is 1.02. The van der Waals surface area contributed by atoms with Gasteiger partial charge in [0.05, 0.1) is 22.1 Å². The Kier molecular flexibility index (Phi) is 5.47. The molecule has 12 aromatic rings. The topological polar surface area (TPSA) is 36.1 Å². The van der Waals surface area contributed by atoms with Crippen LogP contribution < -0.4 is 0 Å². The summed E-state index contributed by atoms with van der Waals surface area (Å²) >= 11 is 0. The van der Waals surface area contributed by atoms with Crippen LogP contribution in [-0.4, -0.2) is 9.13 Å². The van der Waals surface area contributed by atoms with Crippen LogP contribution in [0.25, 0.3) is 110 Å². The lowest BCUT2D eigenvalue weighted by Gasteiger charge is -2.09. The average molecular weight is 665 g/mol. The van der Waals surface area contributed by atoms with E-state index >= 15 is 0 Å². The maximum absolute atomic E-state index is 6.30. The Bertz CT molecular complexity index is 3190. The molecule has 0 radical (unpaired) electrons. The van der Waals surface area contributed by atoms with Crippen molar-refractivity contribution < 1.29 is 8.83 Å². The van der Waals surface area contributed by atoms with Gasteiger partial charge in [0, 0.05) is 66.6 Å². The molecule has 0 saturated heterocycles. The predicted molar refractivity (Wildman–Crippen MR) is 215 cm³/mol. The first kappa shape index (κ1) is 27.7. The van der Waals surface area contributed by atoms with Gasteiger partial charge in [-0.3, -0.25) is 0 Å². The number of nitrogens with zero attached hydrogens (tertiary/aromatic N) is 2. The van der Waals surface area contributed by atoms with Crippen LogP contribution in [0.15, 0.2) is 179 Å². The number of rotatable bonds is 3. The lowest BCUT2D eigenvalue weighted by molar-refractivity contribution is 0.668. The number of para-hydroxylation sites is 4. The molecule has 0 spiro atoms. The Morgan fingerprint density at radius 3 is 1.13 bits per heavy atom. The molecule has 0 N–H and O–H groups in total. The third-order valence-electron chi connectivity index (χ3n) is 10.9.